The van der Waals surface area contributed by atoms with Crippen molar-refractivity contribution in [1.82, 2.24) is 5.32 Å². The summed E-state index contributed by atoms with van der Waals surface area (Å²) >= 11 is 0. The van der Waals surface area contributed by atoms with Crippen LogP contribution in [0, 0.1) is 32.6 Å². The third-order valence-corrected chi connectivity index (χ3v) is 5.49. The Bertz CT molecular complexity index is 544. The molecule has 3 heteroatoms. The van der Waals surface area contributed by atoms with Crippen molar-refractivity contribution in [2.24, 2.45) is 11.8 Å². The molecule has 4 atom stereocenters. The van der Waals surface area contributed by atoms with E-state index in [1.807, 2.05) is 6.92 Å². The number of carbonyl (C=O) groups is 1. The highest BCUT2D eigenvalue weighted by Crippen LogP contribution is 2.30. The maximum Gasteiger partial charge on any atom is 0.241 e. The van der Waals surface area contributed by atoms with Gasteiger partial charge in [-0.3, -0.25) is 4.79 Å². The van der Waals surface area contributed by atoms with Crippen LogP contribution in [-0.4, -0.2) is 18.0 Å². The summed E-state index contributed by atoms with van der Waals surface area (Å²) in [7, 11) is 0. The van der Waals surface area contributed by atoms with Gasteiger partial charge in [0.25, 0.3) is 0 Å². The summed E-state index contributed by atoms with van der Waals surface area (Å²) in [5.74, 6) is 1.42. The van der Waals surface area contributed by atoms with Gasteiger partial charge in [0.05, 0.1) is 6.04 Å². The summed E-state index contributed by atoms with van der Waals surface area (Å²) in [6.45, 7) is 12.8. The average Bonchev–Trinajstić information content (AvgIpc) is 2.47. The molecule has 128 valence electrons. The van der Waals surface area contributed by atoms with E-state index in [4.69, 9.17) is 0 Å². The second-order valence-electron chi connectivity index (χ2n) is 7.53. The minimum Gasteiger partial charge on any atom is -0.324 e. The van der Waals surface area contributed by atoms with E-state index in [2.05, 4.69) is 57.4 Å². The van der Waals surface area contributed by atoms with Crippen LogP contribution >= 0.6 is 0 Å². The Balaban J connectivity index is 2.00. The van der Waals surface area contributed by atoms with Gasteiger partial charge in [-0.15, -0.1) is 0 Å². The average molecular weight is 316 g/mol. The first-order chi connectivity index (χ1) is 10.8. The van der Waals surface area contributed by atoms with E-state index in [0.717, 1.165) is 22.7 Å². The van der Waals surface area contributed by atoms with E-state index in [1.165, 1.54) is 24.8 Å². The number of anilines is 1. The molecule has 1 aromatic carbocycles. The Morgan fingerprint density at radius 3 is 2.35 bits per heavy atom. The molecule has 1 fully saturated rings. The largest absolute Gasteiger partial charge is 0.324 e. The summed E-state index contributed by atoms with van der Waals surface area (Å²) in [5, 5.41) is 6.68. The van der Waals surface area contributed by atoms with Gasteiger partial charge in [-0.25, -0.2) is 0 Å². The molecule has 2 rings (SSSR count). The minimum atomic E-state index is -0.173. The van der Waals surface area contributed by atoms with Crippen molar-refractivity contribution in [3.05, 3.63) is 28.8 Å². The van der Waals surface area contributed by atoms with Crippen LogP contribution in [0.4, 0.5) is 5.69 Å². The molecular weight excluding hydrogens is 284 g/mol. The number of hydrogen-bond donors (Lipinski definition) is 2. The third kappa shape index (κ3) is 4.35. The minimum absolute atomic E-state index is 0.0606. The van der Waals surface area contributed by atoms with Gasteiger partial charge in [-0.05, 0) is 57.1 Å². The molecule has 0 aliphatic heterocycles. The Kier molecular flexibility index (Phi) is 5.85. The van der Waals surface area contributed by atoms with Crippen LogP contribution in [0.25, 0.3) is 0 Å². The molecule has 0 spiro atoms. The zero-order valence-electron chi connectivity index (χ0n) is 15.5. The lowest BCUT2D eigenvalue weighted by Crippen LogP contribution is -2.49. The Morgan fingerprint density at radius 1 is 1.13 bits per heavy atom. The summed E-state index contributed by atoms with van der Waals surface area (Å²) < 4.78 is 0. The van der Waals surface area contributed by atoms with Gasteiger partial charge in [-0.1, -0.05) is 44.4 Å². The van der Waals surface area contributed by atoms with Crippen molar-refractivity contribution in [2.45, 2.75) is 72.9 Å². The number of benzene rings is 1. The zero-order valence-corrected chi connectivity index (χ0v) is 15.5. The smallest absolute Gasteiger partial charge is 0.241 e. The lowest BCUT2D eigenvalue weighted by Gasteiger charge is -2.36. The van der Waals surface area contributed by atoms with Crippen LogP contribution in [-0.2, 0) is 4.79 Å². The molecule has 3 nitrogen and oxygen atoms in total. The van der Waals surface area contributed by atoms with Crippen molar-refractivity contribution in [1.29, 1.82) is 0 Å². The van der Waals surface area contributed by atoms with Crippen molar-refractivity contribution >= 4 is 11.6 Å². The maximum atomic E-state index is 12.6. The summed E-state index contributed by atoms with van der Waals surface area (Å²) in [5.41, 5.74) is 4.44. The predicted molar refractivity (Wildman–Crippen MR) is 97.8 cm³/mol. The molecule has 0 radical (unpaired) electrons. The highest BCUT2D eigenvalue weighted by Gasteiger charge is 2.29. The fourth-order valence-corrected chi connectivity index (χ4v) is 3.82. The van der Waals surface area contributed by atoms with Crippen LogP contribution in [0.5, 0.6) is 0 Å². The summed E-state index contributed by atoms with van der Waals surface area (Å²) in [6, 6.07) is 4.50. The van der Waals surface area contributed by atoms with Gasteiger partial charge < -0.3 is 10.6 Å². The second kappa shape index (κ2) is 7.48. The predicted octanol–water partition coefficient (Wildman–Crippen LogP) is 4.35. The SMILES string of the molecule is Cc1cc(C)c(NC(=O)[C@@H](C)N[C@@H]2CCC[C@H](C)[C@@H]2C)c(C)c1. The van der Waals surface area contributed by atoms with E-state index < -0.39 is 0 Å². The van der Waals surface area contributed by atoms with E-state index >= 15 is 0 Å². The van der Waals surface area contributed by atoms with Gasteiger partial charge in [0.1, 0.15) is 0 Å². The van der Waals surface area contributed by atoms with Crippen LogP contribution in [0.1, 0.15) is 56.7 Å². The molecule has 1 amide bonds. The van der Waals surface area contributed by atoms with Crippen LogP contribution in [0.15, 0.2) is 12.1 Å². The van der Waals surface area contributed by atoms with Crippen LogP contribution in [0.2, 0.25) is 0 Å². The molecule has 1 aliphatic carbocycles. The van der Waals surface area contributed by atoms with Gasteiger partial charge in [-0.2, -0.15) is 0 Å². The molecule has 1 aromatic rings. The van der Waals surface area contributed by atoms with Crippen LogP contribution in [0.3, 0.4) is 0 Å². The number of hydrogen-bond acceptors (Lipinski definition) is 2. The standard InChI is InChI=1S/C20H32N2O/c1-12-10-14(3)19(15(4)11-12)22-20(23)17(6)21-18-9-7-8-13(2)16(18)5/h10-11,13,16-18,21H,7-9H2,1-6H3,(H,22,23)/t13-,16-,17+,18+/m0/s1. The summed E-state index contributed by atoms with van der Waals surface area (Å²) in [4.78, 5) is 12.6. The quantitative estimate of drug-likeness (QED) is 0.867. The Hall–Kier alpha value is -1.35. The molecule has 1 saturated carbocycles. The van der Waals surface area contributed by atoms with Gasteiger partial charge >= 0.3 is 0 Å². The van der Waals surface area contributed by atoms with Crippen molar-refractivity contribution < 1.29 is 4.79 Å². The normalized spacial score (nSPS) is 25.9. The zero-order chi connectivity index (χ0) is 17.1. The molecule has 2 N–H and O–H groups in total. The van der Waals surface area contributed by atoms with Crippen molar-refractivity contribution in [3.63, 3.8) is 0 Å². The molecule has 0 unspecified atom stereocenters. The van der Waals surface area contributed by atoms with Crippen LogP contribution < -0.4 is 10.6 Å². The lowest BCUT2D eigenvalue weighted by atomic mass is 9.78. The monoisotopic (exact) mass is 316 g/mol. The van der Waals surface area contributed by atoms with E-state index in [1.54, 1.807) is 0 Å². The third-order valence-electron chi connectivity index (χ3n) is 5.49. The van der Waals surface area contributed by atoms with E-state index in [0.29, 0.717) is 12.0 Å². The van der Waals surface area contributed by atoms with Gasteiger partial charge in [0.15, 0.2) is 0 Å². The van der Waals surface area contributed by atoms with Gasteiger partial charge in [0, 0.05) is 11.7 Å². The highest BCUT2D eigenvalue weighted by molar-refractivity contribution is 5.96. The van der Waals surface area contributed by atoms with Crippen molar-refractivity contribution in [3.8, 4) is 0 Å². The Labute approximate surface area is 141 Å². The molecule has 0 saturated heterocycles. The first kappa shape index (κ1) is 18.0. The number of amides is 1. The summed E-state index contributed by atoms with van der Waals surface area (Å²) in [6.07, 6.45) is 3.74. The molecule has 1 aliphatic rings. The molecule has 0 aromatic heterocycles. The molecule has 23 heavy (non-hydrogen) atoms. The van der Waals surface area contributed by atoms with Gasteiger partial charge in [0.2, 0.25) is 5.91 Å². The molecule has 0 heterocycles. The van der Waals surface area contributed by atoms with E-state index in [9.17, 15) is 4.79 Å². The number of carbonyl (C=O) groups excluding carboxylic acids is 1. The first-order valence-corrected chi connectivity index (χ1v) is 8.94. The van der Waals surface area contributed by atoms with Crippen molar-refractivity contribution in [2.75, 3.05) is 5.32 Å². The van der Waals surface area contributed by atoms with E-state index in [-0.39, 0.29) is 11.9 Å². The first-order valence-electron chi connectivity index (χ1n) is 8.94. The molecular formula is C20H32N2O. The Morgan fingerprint density at radius 2 is 1.74 bits per heavy atom. The fourth-order valence-electron chi connectivity index (χ4n) is 3.82. The number of aryl methyl sites for hydroxylation is 3. The maximum absolute atomic E-state index is 12.6. The molecule has 0 bridgehead atoms. The lowest BCUT2D eigenvalue weighted by molar-refractivity contribution is -0.118. The fraction of sp³-hybridized carbons (Fsp3) is 0.650. The number of rotatable bonds is 4. The second-order valence-corrected chi connectivity index (χ2v) is 7.53. The highest BCUT2D eigenvalue weighted by atomic mass is 16.2. The topological polar surface area (TPSA) is 41.1 Å². The number of nitrogens with one attached hydrogen (secondary N) is 2.